The van der Waals surface area contributed by atoms with Gasteiger partial charge in [0.1, 0.15) is 0 Å². The van der Waals surface area contributed by atoms with E-state index in [0.29, 0.717) is 0 Å². The molecule has 1 aliphatic heterocycles. The SMILES string of the molecule is CC(C)(C)N1CCN(c2ccc([B]OC(C)(C)C(C)(C)S)cc2)CC1. The van der Waals surface area contributed by atoms with E-state index in [2.05, 4.69) is 95.2 Å². The summed E-state index contributed by atoms with van der Waals surface area (Å²) in [7, 11) is 1.85. The first-order valence-corrected chi connectivity index (χ1v) is 9.68. The van der Waals surface area contributed by atoms with Crippen LogP contribution in [0.3, 0.4) is 0 Å². The predicted octanol–water partition coefficient (Wildman–Crippen LogP) is 3.36. The van der Waals surface area contributed by atoms with Gasteiger partial charge in [-0.05, 0) is 60.6 Å². The summed E-state index contributed by atoms with van der Waals surface area (Å²) < 4.78 is 5.78. The van der Waals surface area contributed by atoms with Crippen LogP contribution < -0.4 is 10.4 Å². The van der Waals surface area contributed by atoms with Crippen LogP contribution in [0.25, 0.3) is 0 Å². The van der Waals surface area contributed by atoms with E-state index in [1.807, 2.05) is 7.48 Å². The van der Waals surface area contributed by atoms with Crippen LogP contribution in [-0.2, 0) is 4.65 Å². The number of thiol groups is 1. The van der Waals surface area contributed by atoms with Crippen LogP contribution in [0.5, 0.6) is 0 Å². The molecule has 5 heteroatoms. The Balaban J connectivity index is 1.91. The molecule has 1 heterocycles. The third-order valence-corrected chi connectivity index (χ3v) is 5.99. The first kappa shape index (κ1) is 20.7. The van der Waals surface area contributed by atoms with E-state index < -0.39 is 0 Å². The van der Waals surface area contributed by atoms with Crippen molar-refractivity contribution in [2.24, 2.45) is 0 Å². The molecule has 1 aromatic carbocycles. The molecule has 0 aromatic heterocycles. The van der Waals surface area contributed by atoms with Crippen molar-refractivity contribution in [3.8, 4) is 0 Å². The van der Waals surface area contributed by atoms with E-state index >= 15 is 0 Å². The Morgan fingerprint density at radius 1 is 0.880 bits per heavy atom. The van der Waals surface area contributed by atoms with Gasteiger partial charge in [0.2, 0.25) is 0 Å². The Morgan fingerprint density at radius 3 is 1.84 bits per heavy atom. The van der Waals surface area contributed by atoms with Crippen LogP contribution in [-0.4, -0.2) is 54.4 Å². The van der Waals surface area contributed by atoms with Gasteiger partial charge in [0.25, 0.3) is 0 Å². The summed E-state index contributed by atoms with van der Waals surface area (Å²) in [6.45, 7) is 19.6. The van der Waals surface area contributed by atoms with Crippen LogP contribution in [0.1, 0.15) is 48.5 Å². The van der Waals surface area contributed by atoms with Gasteiger partial charge >= 0.3 is 7.48 Å². The molecule has 1 radical (unpaired) electrons. The van der Waals surface area contributed by atoms with Gasteiger partial charge in [0.05, 0.1) is 5.60 Å². The standard InChI is InChI=1S/C20H34BN2OS/c1-18(2,3)23-14-12-22(13-15-23)17-10-8-16(9-11-17)21-24-19(4,5)20(6,7)25/h8-11,25H,12-15H2,1-7H3. The maximum Gasteiger partial charge on any atom is 0.330 e. The maximum atomic E-state index is 6.00. The van der Waals surface area contributed by atoms with Crippen molar-refractivity contribution in [2.45, 2.75) is 64.4 Å². The summed E-state index contributed by atoms with van der Waals surface area (Å²) >= 11 is 4.64. The van der Waals surface area contributed by atoms with Gasteiger partial charge in [-0.3, -0.25) is 4.90 Å². The minimum atomic E-state index is -0.335. The van der Waals surface area contributed by atoms with Gasteiger partial charge in [0, 0.05) is 42.2 Å². The molecule has 0 N–H and O–H groups in total. The molecule has 25 heavy (non-hydrogen) atoms. The lowest BCUT2D eigenvalue weighted by molar-refractivity contribution is 0.0854. The Hall–Kier alpha value is -0.645. The number of hydrogen-bond acceptors (Lipinski definition) is 4. The number of benzene rings is 1. The number of anilines is 1. The van der Waals surface area contributed by atoms with Gasteiger partial charge in [-0.1, -0.05) is 17.6 Å². The molecule has 0 bridgehead atoms. The smallest absolute Gasteiger partial charge is 0.330 e. The van der Waals surface area contributed by atoms with E-state index in [0.717, 1.165) is 31.6 Å². The zero-order valence-electron chi connectivity index (χ0n) is 17.0. The molecule has 0 amide bonds. The highest BCUT2D eigenvalue weighted by molar-refractivity contribution is 7.81. The highest BCUT2D eigenvalue weighted by Gasteiger charge is 2.34. The average Bonchev–Trinajstić information content (AvgIpc) is 2.52. The van der Waals surface area contributed by atoms with Crippen molar-refractivity contribution in [3.63, 3.8) is 0 Å². The molecule has 139 valence electrons. The Bertz CT molecular complexity index is 553. The molecule has 1 saturated heterocycles. The van der Waals surface area contributed by atoms with E-state index in [4.69, 9.17) is 4.65 Å². The van der Waals surface area contributed by atoms with E-state index in [1.165, 1.54) is 5.69 Å². The quantitative estimate of drug-likeness (QED) is 0.640. The summed E-state index contributed by atoms with van der Waals surface area (Å²) in [4.78, 5) is 5.02. The van der Waals surface area contributed by atoms with E-state index in [-0.39, 0.29) is 15.9 Å². The van der Waals surface area contributed by atoms with Gasteiger partial charge in [-0.15, -0.1) is 0 Å². The van der Waals surface area contributed by atoms with E-state index in [1.54, 1.807) is 0 Å². The fourth-order valence-electron chi connectivity index (χ4n) is 2.76. The van der Waals surface area contributed by atoms with Crippen molar-refractivity contribution < 1.29 is 4.65 Å². The second-order valence-corrected chi connectivity index (χ2v) is 10.2. The topological polar surface area (TPSA) is 15.7 Å². The normalized spacial score (nSPS) is 17.7. The lowest BCUT2D eigenvalue weighted by atomic mass is 9.84. The fraction of sp³-hybridized carbons (Fsp3) is 0.700. The lowest BCUT2D eigenvalue weighted by Crippen LogP contribution is -2.53. The molecule has 1 aromatic rings. The van der Waals surface area contributed by atoms with Gasteiger partial charge in [-0.25, -0.2) is 0 Å². The van der Waals surface area contributed by atoms with E-state index in [9.17, 15) is 0 Å². The second-order valence-electron chi connectivity index (χ2n) is 9.04. The second kappa shape index (κ2) is 7.54. The predicted molar refractivity (Wildman–Crippen MR) is 114 cm³/mol. The van der Waals surface area contributed by atoms with Gasteiger partial charge < -0.3 is 9.55 Å². The molecule has 0 unspecified atom stereocenters. The number of hydrogen-bond donors (Lipinski definition) is 1. The Kier molecular flexibility index (Phi) is 6.23. The molecule has 0 spiro atoms. The number of piperazine rings is 1. The molecule has 1 fully saturated rings. The van der Waals surface area contributed by atoms with Gasteiger partial charge in [0.15, 0.2) is 0 Å². The Labute approximate surface area is 160 Å². The average molecular weight is 361 g/mol. The van der Waals surface area contributed by atoms with Crippen LogP contribution in [0.4, 0.5) is 5.69 Å². The van der Waals surface area contributed by atoms with Crippen molar-refractivity contribution >= 4 is 31.3 Å². The van der Waals surface area contributed by atoms with Gasteiger partial charge in [-0.2, -0.15) is 12.6 Å². The number of nitrogens with zero attached hydrogens (tertiary/aromatic N) is 2. The molecule has 2 rings (SSSR count). The summed E-state index contributed by atoms with van der Waals surface area (Å²) in [5.41, 5.74) is 2.30. The monoisotopic (exact) mass is 361 g/mol. The molecule has 0 saturated carbocycles. The molecule has 0 atom stereocenters. The van der Waals surface area contributed by atoms with Crippen LogP contribution in [0, 0.1) is 0 Å². The minimum absolute atomic E-state index is 0.212. The summed E-state index contributed by atoms with van der Waals surface area (Å²) in [5, 5.41) is 0. The first-order chi connectivity index (χ1) is 11.4. The largest absolute Gasteiger partial charge is 0.428 e. The highest BCUT2D eigenvalue weighted by atomic mass is 32.1. The van der Waals surface area contributed by atoms with Crippen LogP contribution >= 0.6 is 12.6 Å². The summed E-state index contributed by atoms with van der Waals surface area (Å²) in [6, 6.07) is 8.65. The summed E-state index contributed by atoms with van der Waals surface area (Å²) in [5.74, 6) is 0. The summed E-state index contributed by atoms with van der Waals surface area (Å²) in [6.07, 6.45) is 0. The molecule has 0 aliphatic carbocycles. The third kappa shape index (κ3) is 5.41. The van der Waals surface area contributed by atoms with Crippen molar-refractivity contribution in [1.29, 1.82) is 0 Å². The van der Waals surface area contributed by atoms with Crippen molar-refractivity contribution in [3.05, 3.63) is 24.3 Å². The fourth-order valence-corrected chi connectivity index (χ4v) is 2.81. The van der Waals surface area contributed by atoms with Crippen LogP contribution in [0.15, 0.2) is 24.3 Å². The third-order valence-electron chi connectivity index (χ3n) is 5.45. The molecular formula is C20H34BN2OS. The molecule has 1 aliphatic rings. The molecular weight excluding hydrogens is 327 g/mol. The highest BCUT2D eigenvalue weighted by Crippen LogP contribution is 2.30. The lowest BCUT2D eigenvalue weighted by Gasteiger charge is -2.43. The Morgan fingerprint density at radius 2 is 1.40 bits per heavy atom. The van der Waals surface area contributed by atoms with Crippen molar-refractivity contribution in [1.82, 2.24) is 4.90 Å². The maximum absolute atomic E-state index is 6.00. The number of rotatable bonds is 5. The zero-order valence-corrected chi connectivity index (χ0v) is 17.9. The zero-order chi connectivity index (χ0) is 18.9. The first-order valence-electron chi connectivity index (χ1n) is 9.24. The molecule has 3 nitrogen and oxygen atoms in total. The van der Waals surface area contributed by atoms with Crippen LogP contribution in [0.2, 0.25) is 0 Å². The van der Waals surface area contributed by atoms with Crippen molar-refractivity contribution in [2.75, 3.05) is 31.1 Å². The minimum Gasteiger partial charge on any atom is -0.428 e.